The van der Waals surface area contributed by atoms with Crippen LogP contribution in [-0.2, 0) is 4.74 Å². The van der Waals surface area contributed by atoms with Gasteiger partial charge in [-0.1, -0.05) is 0 Å². The third-order valence-electron chi connectivity index (χ3n) is 2.94. The maximum absolute atomic E-state index is 12.0. The van der Waals surface area contributed by atoms with E-state index in [1.54, 1.807) is 23.7 Å². The SMILES string of the molecule is CN(CC1(O)CCOCC1)C(=O)c1cncs1. The number of likely N-dealkylation sites (N-methyl/N-ethyl adjacent to an activating group) is 1. The maximum atomic E-state index is 12.0. The molecule has 0 aromatic carbocycles. The van der Waals surface area contributed by atoms with Gasteiger partial charge in [0.15, 0.2) is 0 Å². The topological polar surface area (TPSA) is 62.7 Å². The number of aliphatic hydroxyl groups is 1. The van der Waals surface area contributed by atoms with Crippen LogP contribution in [0.3, 0.4) is 0 Å². The summed E-state index contributed by atoms with van der Waals surface area (Å²) in [6, 6.07) is 0. The van der Waals surface area contributed by atoms with E-state index in [4.69, 9.17) is 4.74 Å². The first-order valence-electron chi connectivity index (χ1n) is 5.55. The van der Waals surface area contributed by atoms with Gasteiger partial charge in [0.1, 0.15) is 4.88 Å². The fourth-order valence-electron chi connectivity index (χ4n) is 1.93. The number of amides is 1. The van der Waals surface area contributed by atoms with Gasteiger partial charge >= 0.3 is 0 Å². The van der Waals surface area contributed by atoms with Crippen molar-refractivity contribution in [3.8, 4) is 0 Å². The Labute approximate surface area is 104 Å². The standard InChI is InChI=1S/C11H16N2O3S/c1-13(10(14)9-6-12-8-17-9)7-11(15)2-4-16-5-3-11/h6,8,15H,2-5,7H2,1H3. The number of ether oxygens (including phenoxy) is 1. The Morgan fingerprint density at radius 1 is 1.65 bits per heavy atom. The molecular formula is C11H16N2O3S. The first-order valence-corrected chi connectivity index (χ1v) is 6.43. The summed E-state index contributed by atoms with van der Waals surface area (Å²) in [4.78, 5) is 18.0. The van der Waals surface area contributed by atoms with Gasteiger partial charge in [-0.05, 0) is 0 Å². The van der Waals surface area contributed by atoms with Crippen LogP contribution in [0.1, 0.15) is 22.5 Å². The van der Waals surface area contributed by atoms with Crippen LogP contribution in [-0.4, -0.2) is 53.3 Å². The molecule has 1 aromatic heterocycles. The number of aromatic nitrogens is 1. The monoisotopic (exact) mass is 256 g/mol. The minimum atomic E-state index is -0.812. The second-order valence-electron chi connectivity index (χ2n) is 4.36. The van der Waals surface area contributed by atoms with Crippen molar-refractivity contribution in [2.24, 2.45) is 0 Å². The fourth-order valence-corrected chi connectivity index (χ4v) is 2.55. The average Bonchev–Trinajstić information content (AvgIpc) is 2.81. The zero-order chi connectivity index (χ0) is 12.3. The quantitative estimate of drug-likeness (QED) is 0.867. The Morgan fingerprint density at radius 2 is 2.35 bits per heavy atom. The number of rotatable bonds is 3. The molecule has 0 aliphatic carbocycles. The summed E-state index contributed by atoms with van der Waals surface area (Å²) in [5.74, 6) is -0.0904. The molecule has 5 nitrogen and oxygen atoms in total. The molecule has 2 heterocycles. The number of hydrogen-bond donors (Lipinski definition) is 1. The van der Waals surface area contributed by atoms with E-state index < -0.39 is 5.60 Å². The minimum Gasteiger partial charge on any atom is -0.388 e. The molecule has 1 aromatic rings. The molecule has 0 spiro atoms. The second-order valence-corrected chi connectivity index (χ2v) is 5.25. The van der Waals surface area contributed by atoms with Gasteiger partial charge < -0.3 is 14.7 Å². The van der Waals surface area contributed by atoms with Crippen LogP contribution in [0.4, 0.5) is 0 Å². The highest BCUT2D eigenvalue weighted by molar-refractivity contribution is 7.11. The van der Waals surface area contributed by atoms with Crippen molar-refractivity contribution < 1.29 is 14.6 Å². The minimum absolute atomic E-state index is 0.0904. The highest BCUT2D eigenvalue weighted by atomic mass is 32.1. The molecule has 0 bridgehead atoms. The summed E-state index contributed by atoms with van der Waals surface area (Å²) < 4.78 is 5.21. The third kappa shape index (κ3) is 3.02. The zero-order valence-electron chi connectivity index (χ0n) is 9.76. The molecule has 1 fully saturated rings. The third-order valence-corrected chi connectivity index (χ3v) is 3.71. The summed E-state index contributed by atoms with van der Waals surface area (Å²) in [6.45, 7) is 1.45. The first kappa shape index (κ1) is 12.5. The van der Waals surface area contributed by atoms with Crippen LogP contribution in [0.2, 0.25) is 0 Å². The lowest BCUT2D eigenvalue weighted by atomic mass is 9.94. The molecule has 1 aliphatic rings. The van der Waals surface area contributed by atoms with Gasteiger partial charge in [0.05, 0.1) is 17.3 Å². The van der Waals surface area contributed by atoms with Gasteiger partial charge in [-0.25, -0.2) is 0 Å². The summed E-state index contributed by atoms with van der Waals surface area (Å²) in [5.41, 5.74) is 0.817. The van der Waals surface area contributed by atoms with Crippen LogP contribution in [0.25, 0.3) is 0 Å². The second kappa shape index (κ2) is 5.12. The molecule has 17 heavy (non-hydrogen) atoms. The molecule has 0 saturated carbocycles. The Hall–Kier alpha value is -0.980. The fraction of sp³-hybridized carbons (Fsp3) is 0.636. The largest absolute Gasteiger partial charge is 0.388 e. The van der Waals surface area contributed by atoms with Crippen molar-refractivity contribution >= 4 is 17.2 Å². The number of nitrogens with zero attached hydrogens (tertiary/aromatic N) is 2. The smallest absolute Gasteiger partial charge is 0.265 e. The number of carbonyl (C=O) groups excluding carboxylic acids is 1. The van der Waals surface area contributed by atoms with Gasteiger partial charge in [0.2, 0.25) is 0 Å². The van der Waals surface area contributed by atoms with Gasteiger partial charge in [0.25, 0.3) is 5.91 Å². The molecule has 1 amide bonds. The Bertz CT molecular complexity index is 374. The molecule has 1 N–H and O–H groups in total. The van der Waals surface area contributed by atoms with Crippen molar-refractivity contribution in [3.63, 3.8) is 0 Å². The normalized spacial score (nSPS) is 18.9. The van der Waals surface area contributed by atoms with Crippen molar-refractivity contribution in [1.29, 1.82) is 0 Å². The molecule has 0 atom stereocenters. The van der Waals surface area contributed by atoms with E-state index in [1.165, 1.54) is 11.3 Å². The molecular weight excluding hydrogens is 240 g/mol. The van der Waals surface area contributed by atoms with E-state index >= 15 is 0 Å². The molecule has 1 saturated heterocycles. The van der Waals surface area contributed by atoms with Crippen LogP contribution in [0.15, 0.2) is 11.7 Å². The summed E-state index contributed by atoms with van der Waals surface area (Å²) in [6.07, 6.45) is 2.71. The van der Waals surface area contributed by atoms with Gasteiger partial charge in [-0.3, -0.25) is 9.78 Å². The van der Waals surface area contributed by atoms with E-state index in [1.807, 2.05) is 0 Å². The average molecular weight is 256 g/mol. The molecule has 0 unspecified atom stereocenters. The van der Waals surface area contributed by atoms with Gasteiger partial charge in [-0.15, -0.1) is 11.3 Å². The molecule has 1 aliphatic heterocycles. The molecule has 6 heteroatoms. The van der Waals surface area contributed by atoms with Crippen LogP contribution in [0.5, 0.6) is 0 Å². The lowest BCUT2D eigenvalue weighted by molar-refractivity contribution is -0.0733. The summed E-state index contributed by atoms with van der Waals surface area (Å²) in [5, 5.41) is 10.3. The predicted molar refractivity (Wildman–Crippen MR) is 64.1 cm³/mol. The van der Waals surface area contributed by atoms with E-state index in [9.17, 15) is 9.90 Å². The first-order chi connectivity index (χ1) is 8.11. The van der Waals surface area contributed by atoms with Crippen LogP contribution >= 0.6 is 11.3 Å². The van der Waals surface area contributed by atoms with Crippen molar-refractivity contribution in [2.75, 3.05) is 26.8 Å². The number of hydrogen-bond acceptors (Lipinski definition) is 5. The van der Waals surface area contributed by atoms with Crippen molar-refractivity contribution in [1.82, 2.24) is 9.88 Å². The lowest BCUT2D eigenvalue weighted by Crippen LogP contribution is -2.47. The Balaban J connectivity index is 1.96. The molecule has 2 rings (SSSR count). The number of thiazole rings is 1. The summed E-state index contributed by atoms with van der Waals surface area (Å²) >= 11 is 1.31. The highest BCUT2D eigenvalue weighted by Gasteiger charge is 2.32. The maximum Gasteiger partial charge on any atom is 0.265 e. The zero-order valence-corrected chi connectivity index (χ0v) is 10.6. The predicted octanol–water partition coefficient (Wildman–Crippen LogP) is 0.757. The molecule has 94 valence electrons. The van der Waals surface area contributed by atoms with Gasteiger partial charge in [0, 0.05) is 39.6 Å². The van der Waals surface area contributed by atoms with E-state index in [-0.39, 0.29) is 5.91 Å². The highest BCUT2D eigenvalue weighted by Crippen LogP contribution is 2.22. The summed E-state index contributed by atoms with van der Waals surface area (Å²) in [7, 11) is 1.70. The van der Waals surface area contributed by atoms with E-state index in [0.29, 0.717) is 37.5 Å². The van der Waals surface area contributed by atoms with E-state index in [2.05, 4.69) is 4.98 Å². The van der Waals surface area contributed by atoms with Crippen molar-refractivity contribution in [2.45, 2.75) is 18.4 Å². The lowest BCUT2D eigenvalue weighted by Gasteiger charge is -2.35. The Morgan fingerprint density at radius 3 is 2.94 bits per heavy atom. The van der Waals surface area contributed by atoms with Gasteiger partial charge in [-0.2, -0.15) is 0 Å². The Kier molecular flexibility index (Phi) is 3.76. The van der Waals surface area contributed by atoms with Crippen LogP contribution < -0.4 is 0 Å². The van der Waals surface area contributed by atoms with Crippen LogP contribution in [0, 0.1) is 0 Å². The molecule has 0 radical (unpaired) electrons. The van der Waals surface area contributed by atoms with E-state index in [0.717, 1.165) is 0 Å². The number of carbonyl (C=O) groups is 1. The van der Waals surface area contributed by atoms with Crippen molar-refractivity contribution in [3.05, 3.63) is 16.6 Å².